The molecule has 6 aromatic heterocycles. The second-order valence-electron chi connectivity index (χ2n) is 30.7. The number of aryl methyl sites for hydroxylation is 6. The molecule has 52 heteroatoms. The van der Waals surface area contributed by atoms with E-state index in [1.807, 2.05) is 19.1 Å². The Bertz CT molecular complexity index is 7490. The van der Waals surface area contributed by atoms with E-state index in [0.717, 1.165) is 118 Å². The maximum atomic E-state index is 13.4. The van der Waals surface area contributed by atoms with Gasteiger partial charge in [0.2, 0.25) is 19.7 Å². The number of esters is 2. The summed E-state index contributed by atoms with van der Waals surface area (Å²) < 4.78 is 376. The van der Waals surface area contributed by atoms with E-state index in [2.05, 4.69) is 48.6 Å². The zero-order valence-electron chi connectivity index (χ0n) is 79.9. The molecule has 14 rings (SSSR count). The van der Waals surface area contributed by atoms with Crippen molar-refractivity contribution >= 4 is 162 Å². The molecule has 0 aliphatic rings. The van der Waals surface area contributed by atoms with E-state index < -0.39 is 138 Å². The Balaban J connectivity index is 0.000000244. The van der Waals surface area contributed by atoms with E-state index in [1.165, 1.54) is 160 Å². The smallest absolute Gasteiger partial charge is 0.768 e. The van der Waals surface area contributed by atoms with Gasteiger partial charge in [-0.1, -0.05) is 60.7 Å². The summed E-state index contributed by atoms with van der Waals surface area (Å²) in [5.41, 5.74) is -5.49. The fourth-order valence-corrected chi connectivity index (χ4v) is 26.0. The number of thiophene rings is 6. The molecule has 0 fully saturated rings. The quantitative estimate of drug-likeness (QED) is 0.0106. The second-order valence-corrected chi connectivity index (χ2v) is 48.5. The van der Waals surface area contributed by atoms with Crippen LogP contribution in [-0.2, 0) is 124 Å². The Labute approximate surface area is 911 Å². The number of alkyl halides is 18. The van der Waals surface area contributed by atoms with E-state index in [9.17, 15) is 136 Å². The van der Waals surface area contributed by atoms with Crippen LogP contribution in [0.5, 0.6) is 23.0 Å². The van der Waals surface area contributed by atoms with Crippen LogP contribution in [0.15, 0.2) is 258 Å². The molecule has 14 aromatic rings. The van der Waals surface area contributed by atoms with Crippen LogP contribution in [0.4, 0.5) is 79.0 Å². The monoisotopic (exact) mass is 2410 g/mol. The van der Waals surface area contributed by atoms with Crippen molar-refractivity contribution in [3.63, 3.8) is 0 Å². The van der Waals surface area contributed by atoms with E-state index in [0.29, 0.717) is 79.2 Å². The van der Waals surface area contributed by atoms with Gasteiger partial charge in [-0.25, -0.2) is 25.3 Å². The van der Waals surface area contributed by atoms with E-state index in [-0.39, 0.29) is 114 Å². The Morgan fingerprint density at radius 2 is 0.653 bits per heavy atom. The van der Waals surface area contributed by atoms with E-state index in [1.54, 1.807) is 77.2 Å². The molecule has 0 bridgehead atoms. The van der Waals surface area contributed by atoms with Crippen molar-refractivity contribution in [1.29, 1.82) is 0 Å². The zero-order valence-corrected chi connectivity index (χ0v) is 93.2. The minimum absolute atomic E-state index is 0. The summed E-state index contributed by atoms with van der Waals surface area (Å²) in [4.78, 5) is 41.8. The maximum absolute atomic E-state index is 13.4. The fraction of sp³-hybridized carbons (Fsp3) is 0.235. The van der Waals surface area contributed by atoms with Gasteiger partial charge in [0.25, 0.3) is 9.05 Å². The number of rotatable bonds is 25. The molecule has 0 saturated heterocycles. The van der Waals surface area contributed by atoms with Gasteiger partial charge in [-0.05, 0) is 292 Å². The molecule has 802 valence electrons. The predicted octanol–water partition coefficient (Wildman–Crippen LogP) is 26.5. The molecule has 0 amide bonds. The third-order valence-corrected chi connectivity index (χ3v) is 34.2. The summed E-state index contributed by atoms with van der Waals surface area (Å²) in [7, 11) is -10.0. The predicted molar refractivity (Wildman–Crippen MR) is 537 cm³/mol. The summed E-state index contributed by atoms with van der Waals surface area (Å²) in [5, 5.41) is 9.08. The van der Waals surface area contributed by atoms with Gasteiger partial charge in [-0.3, -0.25) is 18.6 Å². The number of aliphatic carboxylic acids is 1. The van der Waals surface area contributed by atoms with Crippen molar-refractivity contribution in [3.05, 3.63) is 302 Å². The largest absolute Gasteiger partial charge is 1.00 e. The summed E-state index contributed by atoms with van der Waals surface area (Å²) >= 11 is 9.06. The summed E-state index contributed by atoms with van der Waals surface area (Å²) in [6.07, 6.45) is -22.7. The second kappa shape index (κ2) is 53.7. The fourth-order valence-electron chi connectivity index (χ4n) is 12.9. The number of carbonyl (C=O) groups excluding carboxylic acids is 2. The molecule has 1 N–H and O–H groups in total. The number of carbonyl (C=O) groups is 3. The van der Waals surface area contributed by atoms with Gasteiger partial charge in [0, 0.05) is 75.3 Å². The first-order valence-electron chi connectivity index (χ1n) is 42.4. The number of methoxy groups -OCH3 is 2. The van der Waals surface area contributed by atoms with Crippen LogP contribution in [0.2, 0.25) is 0 Å². The first kappa shape index (κ1) is 127. The molecule has 8 aromatic carbocycles. The number of sulfone groups is 2. The number of hydrogen-bond donors (Lipinski definition) is 1. The topological polar surface area (TPSA) is 304 Å². The summed E-state index contributed by atoms with van der Waals surface area (Å²) in [6, 6.07) is 49.0. The minimum Gasteiger partial charge on any atom is -0.768 e. The van der Waals surface area contributed by atoms with Crippen LogP contribution in [-0.4, -0.2) is 105 Å². The Hall–Kier alpha value is -10.0. The van der Waals surface area contributed by atoms with Crippen molar-refractivity contribution in [2.24, 2.45) is 0 Å². The Kier molecular flexibility index (Phi) is 45.4. The number of hydrogen-bond acceptors (Lipinski definition) is 25. The average Bonchev–Trinajstić information content (AvgIpc) is 1.60. The van der Waals surface area contributed by atoms with E-state index in [4.69, 9.17) is 30.0 Å². The minimum atomic E-state index is -5.81. The van der Waals surface area contributed by atoms with Crippen LogP contribution < -0.4 is 48.0 Å². The molecular weight excluding hydrogens is 2330 g/mol. The molecular formula is C98H83BrClF18NaO20S11. The van der Waals surface area contributed by atoms with Gasteiger partial charge in [0.1, 0.15) is 23.0 Å². The SMILES string of the molecule is CCOc1cc(CC(=O)O)cc(S(=O)(=O)c2cc(-c3ccc(C(F)(F)F)cc3)sc2C)c1.CCOc1cc(CC(=O)OC)cc(OS(=O)(=O)C(F)(F)F)c1.CCOc1cc(CC(=O)OC)cc(S(=O)(=O)c2cc(-c3ccc(C(F)(F)F)cc3)sc2C)c1.Cc1ccc(-c2ccc(C(F)(F)F)cc2)s1.Cc1ccc(Br)s1.Cc1sc(-c2ccc(C(F)(F)F)cc2)cc1S(=O)(=O)Cl.Cc1sc(-c2ccc(C(F)(F)F)cc2)cc1S(=O)[O-].[Na+]. The third kappa shape index (κ3) is 36.9. The molecule has 0 spiro atoms. The van der Waals surface area contributed by atoms with Gasteiger partial charge in [0.05, 0.1) is 109 Å². The molecule has 1 atom stereocenters. The number of benzene rings is 8. The standard InChI is InChI=1S/C23H21F3O5S2.C22H19F3O5S2.C12H8ClF3O2S2.C12H13F3O6S.C12H9F3O2S2.C12H9F3S.C5H5BrS.Na/c1-4-31-18-9-15(11-22(27)30-3)10-19(12-18)33(28,29)21-13-20(32-14(21)2)16-5-7-17(8-6-16)23(24,25)26;1-3-30-17-8-14(10-21(26)27)9-18(11-17)32(28,29)20-12-19(31-13(20)2)15-4-6-16(7-5-15)22(23,24)25;1-7-11(20(13,17)18)6-10(19-7)8-2-4-9(5-3-8)12(14,15)16;1-3-20-9-4-8(6-11(16)19-2)5-10(7-9)21-22(17,18)12(13,14)15;1-7-11(19(16)17)6-10(18-7)8-2-4-9(5-3-8)12(13,14)15;1-8-2-7-11(16-8)9-3-5-10(6-4-9)12(13,14)15;1-4-2-3-5(6)7-4;/h5-10,12-13H,4,11H2,1-3H3;4-9,11-12H,3,10H2,1-2H3,(H,26,27);2-6H,1H3;4-5,7H,3,6H2,1-2H3;2-6H,1H3,(H,16,17);2-7H,1H3;2-3H,1H3;/q;;;;;;;+1/p-1. The normalized spacial score (nSPS) is 12.0. The van der Waals surface area contributed by atoms with Crippen LogP contribution in [0.1, 0.15) is 94.5 Å². The first-order chi connectivity index (χ1) is 69.1. The van der Waals surface area contributed by atoms with Gasteiger partial charge in [-0.2, -0.15) is 87.4 Å². The van der Waals surface area contributed by atoms with Crippen molar-refractivity contribution in [3.8, 4) is 75.2 Å². The van der Waals surface area contributed by atoms with E-state index >= 15 is 0 Å². The molecule has 6 heterocycles. The van der Waals surface area contributed by atoms with Crippen LogP contribution in [0.25, 0.3) is 52.2 Å². The maximum Gasteiger partial charge on any atom is 1.00 e. The number of carboxylic acid groups (broad SMARTS) is 1. The molecule has 1 unspecified atom stereocenters. The third-order valence-electron chi connectivity index (χ3n) is 19.8. The number of carboxylic acids is 1. The number of ether oxygens (including phenoxy) is 5. The van der Waals surface area contributed by atoms with Gasteiger partial charge >= 0.3 is 94.0 Å². The summed E-state index contributed by atoms with van der Waals surface area (Å²) in [5.74, 6) is -2.30. The molecule has 150 heavy (non-hydrogen) atoms. The van der Waals surface area contributed by atoms with Crippen molar-refractivity contribution in [2.45, 2.75) is 147 Å². The van der Waals surface area contributed by atoms with Crippen LogP contribution >= 0.6 is 94.6 Å². The molecule has 0 radical (unpaired) electrons. The van der Waals surface area contributed by atoms with Crippen LogP contribution in [0.3, 0.4) is 0 Å². The average molecular weight is 2410 g/mol. The van der Waals surface area contributed by atoms with Crippen molar-refractivity contribution in [1.82, 2.24) is 0 Å². The van der Waals surface area contributed by atoms with Crippen LogP contribution in [0, 0.1) is 41.5 Å². The number of halogens is 20. The molecule has 20 nitrogen and oxygen atoms in total. The Morgan fingerprint density at radius 3 is 0.913 bits per heavy atom. The first-order valence-corrected chi connectivity index (χ1v) is 55.8. The summed E-state index contributed by atoms with van der Waals surface area (Å²) in [6.45, 7) is 16.4. The Morgan fingerprint density at radius 1 is 0.367 bits per heavy atom. The van der Waals surface area contributed by atoms with Crippen molar-refractivity contribution < 1.29 is 198 Å². The van der Waals surface area contributed by atoms with Gasteiger partial charge < -0.3 is 37.5 Å². The van der Waals surface area contributed by atoms with Gasteiger partial charge in [-0.15, -0.1) is 68.0 Å². The van der Waals surface area contributed by atoms with Crippen molar-refractivity contribution in [2.75, 3.05) is 34.0 Å². The zero-order chi connectivity index (χ0) is 111. The molecule has 0 saturated carbocycles. The van der Waals surface area contributed by atoms with Gasteiger partial charge in [0.15, 0.2) is 0 Å². The molecule has 0 aliphatic carbocycles. The molecule has 0 aliphatic heterocycles.